The molecule has 2 heteroatoms. The molecule has 0 aromatic heterocycles. The molecule has 0 radical (unpaired) electrons. The number of thioether (sulfide) groups is 1. The van der Waals surface area contributed by atoms with Crippen LogP contribution in [0.1, 0.15) is 31.9 Å². The molecule has 0 aliphatic carbocycles. The summed E-state index contributed by atoms with van der Waals surface area (Å²) in [6, 6.07) is 17.2. The van der Waals surface area contributed by atoms with Crippen molar-refractivity contribution in [1.29, 1.82) is 0 Å². The SMILES string of the molecule is C=C(/C=C1\Sc2ccccc2N1CC)C(C)(C)c1ccccc1C. The molecule has 1 nitrogen and oxygen atoms in total. The minimum Gasteiger partial charge on any atom is -0.335 e. The number of aryl methyl sites for hydroxylation is 1. The first-order chi connectivity index (χ1) is 11.4. The molecule has 0 spiro atoms. The fraction of sp³-hybridized carbons (Fsp3) is 0.273. The van der Waals surface area contributed by atoms with Crippen LogP contribution in [0.15, 0.2) is 76.7 Å². The largest absolute Gasteiger partial charge is 0.335 e. The molecule has 1 heterocycles. The number of hydrogen-bond acceptors (Lipinski definition) is 2. The first-order valence-corrected chi connectivity index (χ1v) is 9.28. The van der Waals surface area contributed by atoms with Crippen molar-refractivity contribution in [2.75, 3.05) is 11.4 Å². The maximum absolute atomic E-state index is 4.42. The molecule has 0 atom stereocenters. The van der Waals surface area contributed by atoms with Gasteiger partial charge in [-0.1, -0.05) is 68.6 Å². The first kappa shape index (κ1) is 16.9. The summed E-state index contributed by atoms with van der Waals surface area (Å²) in [4.78, 5) is 3.70. The summed E-state index contributed by atoms with van der Waals surface area (Å²) >= 11 is 1.84. The fourth-order valence-electron chi connectivity index (χ4n) is 3.26. The Bertz CT molecular complexity index is 801. The smallest absolute Gasteiger partial charge is 0.0804 e. The molecule has 0 bridgehead atoms. The van der Waals surface area contributed by atoms with Crippen molar-refractivity contribution in [1.82, 2.24) is 0 Å². The van der Waals surface area contributed by atoms with Crippen LogP contribution in [0.3, 0.4) is 0 Å². The van der Waals surface area contributed by atoms with Gasteiger partial charge >= 0.3 is 0 Å². The maximum Gasteiger partial charge on any atom is 0.0804 e. The van der Waals surface area contributed by atoms with Crippen molar-refractivity contribution in [3.8, 4) is 0 Å². The van der Waals surface area contributed by atoms with Crippen molar-refractivity contribution in [2.45, 2.75) is 38.0 Å². The van der Waals surface area contributed by atoms with Gasteiger partial charge in [0, 0.05) is 16.9 Å². The highest BCUT2D eigenvalue weighted by Gasteiger charge is 2.28. The Morgan fingerprint density at radius 2 is 1.79 bits per heavy atom. The standard InChI is InChI=1S/C22H25NS/c1-6-23-19-13-9-10-14-20(19)24-21(23)15-17(3)22(4,5)18-12-8-7-11-16(18)2/h7-15H,3,6H2,1-2,4-5H3/b21-15-. The van der Waals surface area contributed by atoms with Crippen molar-refractivity contribution in [3.05, 3.63) is 82.9 Å². The average molecular weight is 336 g/mol. The van der Waals surface area contributed by atoms with Gasteiger partial charge in [0.15, 0.2) is 0 Å². The van der Waals surface area contributed by atoms with Crippen LogP contribution in [0.25, 0.3) is 0 Å². The third-order valence-corrected chi connectivity index (χ3v) is 5.98. The van der Waals surface area contributed by atoms with E-state index in [4.69, 9.17) is 0 Å². The topological polar surface area (TPSA) is 3.24 Å². The van der Waals surface area contributed by atoms with E-state index in [0.717, 1.165) is 12.1 Å². The Labute approximate surface area is 150 Å². The normalized spacial score (nSPS) is 15.7. The van der Waals surface area contributed by atoms with Gasteiger partial charge in [0.2, 0.25) is 0 Å². The summed E-state index contributed by atoms with van der Waals surface area (Å²) in [5.41, 5.74) is 5.02. The summed E-state index contributed by atoms with van der Waals surface area (Å²) < 4.78 is 0. The minimum atomic E-state index is -0.0902. The second kappa shape index (κ2) is 6.52. The molecule has 0 saturated heterocycles. The van der Waals surface area contributed by atoms with Crippen LogP contribution in [0, 0.1) is 6.92 Å². The number of rotatable bonds is 4. The lowest BCUT2D eigenvalue weighted by Gasteiger charge is -2.29. The number of anilines is 1. The number of fused-ring (bicyclic) bond motifs is 1. The maximum atomic E-state index is 4.42. The number of allylic oxidation sites excluding steroid dienone is 2. The molecule has 1 aliphatic rings. The molecule has 0 fully saturated rings. The zero-order valence-electron chi connectivity index (χ0n) is 15.0. The van der Waals surface area contributed by atoms with Gasteiger partial charge in [-0.15, -0.1) is 0 Å². The van der Waals surface area contributed by atoms with Gasteiger partial charge in [-0.2, -0.15) is 0 Å². The van der Waals surface area contributed by atoms with E-state index in [1.807, 2.05) is 11.8 Å². The molecule has 2 aromatic rings. The van der Waals surface area contributed by atoms with Crippen LogP contribution in [-0.2, 0) is 5.41 Å². The molecule has 3 rings (SSSR count). The zero-order chi connectivity index (χ0) is 17.3. The molecule has 0 unspecified atom stereocenters. The van der Waals surface area contributed by atoms with Crippen LogP contribution in [0.4, 0.5) is 5.69 Å². The molecular formula is C22H25NS. The van der Waals surface area contributed by atoms with Crippen LogP contribution in [-0.4, -0.2) is 6.54 Å². The third-order valence-electron chi connectivity index (χ3n) is 4.87. The predicted molar refractivity (Wildman–Crippen MR) is 107 cm³/mol. The van der Waals surface area contributed by atoms with Gasteiger partial charge in [0.25, 0.3) is 0 Å². The molecule has 0 N–H and O–H groups in total. The van der Waals surface area contributed by atoms with Crippen LogP contribution in [0.2, 0.25) is 0 Å². The monoisotopic (exact) mass is 335 g/mol. The van der Waals surface area contributed by atoms with Gasteiger partial charge < -0.3 is 4.90 Å². The lowest BCUT2D eigenvalue weighted by atomic mass is 9.76. The average Bonchev–Trinajstić information content (AvgIpc) is 2.92. The van der Waals surface area contributed by atoms with Crippen molar-refractivity contribution in [2.24, 2.45) is 0 Å². The lowest BCUT2D eigenvalue weighted by Crippen LogP contribution is -2.22. The highest BCUT2D eigenvalue weighted by Crippen LogP contribution is 2.47. The van der Waals surface area contributed by atoms with Gasteiger partial charge in [0.1, 0.15) is 0 Å². The fourth-order valence-corrected chi connectivity index (χ4v) is 4.46. The van der Waals surface area contributed by atoms with E-state index in [9.17, 15) is 0 Å². The summed E-state index contributed by atoms with van der Waals surface area (Å²) in [6.45, 7) is 14.3. The predicted octanol–water partition coefficient (Wildman–Crippen LogP) is 6.30. The first-order valence-electron chi connectivity index (χ1n) is 8.46. The number of hydrogen-bond donors (Lipinski definition) is 0. The van der Waals surface area contributed by atoms with Gasteiger partial charge in [-0.05, 0) is 48.8 Å². The summed E-state index contributed by atoms with van der Waals surface area (Å²) in [5, 5.41) is 1.27. The van der Waals surface area contributed by atoms with E-state index in [1.165, 1.54) is 26.7 Å². The molecule has 0 saturated carbocycles. The Balaban J connectivity index is 1.94. The van der Waals surface area contributed by atoms with E-state index in [-0.39, 0.29) is 5.41 Å². The van der Waals surface area contributed by atoms with Crippen LogP contribution < -0.4 is 4.90 Å². The quantitative estimate of drug-likeness (QED) is 0.645. The molecule has 1 aliphatic heterocycles. The summed E-state index contributed by atoms with van der Waals surface area (Å²) in [5.74, 6) is 0. The van der Waals surface area contributed by atoms with Gasteiger partial charge in [0.05, 0.1) is 10.7 Å². The van der Waals surface area contributed by atoms with E-state index in [1.54, 1.807) is 0 Å². The van der Waals surface area contributed by atoms with Gasteiger partial charge in [-0.3, -0.25) is 0 Å². The highest BCUT2D eigenvalue weighted by atomic mass is 32.2. The summed E-state index contributed by atoms with van der Waals surface area (Å²) in [6.07, 6.45) is 2.26. The minimum absolute atomic E-state index is 0.0902. The Kier molecular flexibility index (Phi) is 4.60. The van der Waals surface area contributed by atoms with Crippen molar-refractivity contribution < 1.29 is 0 Å². The molecule has 2 aromatic carbocycles. The Morgan fingerprint density at radius 1 is 1.12 bits per heavy atom. The zero-order valence-corrected chi connectivity index (χ0v) is 15.8. The van der Waals surface area contributed by atoms with E-state index in [2.05, 4.69) is 93.8 Å². The number of para-hydroxylation sites is 1. The Morgan fingerprint density at radius 3 is 2.50 bits per heavy atom. The third kappa shape index (κ3) is 2.91. The second-order valence-electron chi connectivity index (χ2n) is 6.76. The molecule has 124 valence electrons. The van der Waals surface area contributed by atoms with Crippen LogP contribution in [0.5, 0.6) is 0 Å². The van der Waals surface area contributed by atoms with Gasteiger partial charge in [-0.25, -0.2) is 0 Å². The van der Waals surface area contributed by atoms with Crippen LogP contribution >= 0.6 is 11.8 Å². The number of benzene rings is 2. The van der Waals surface area contributed by atoms with Crippen molar-refractivity contribution in [3.63, 3.8) is 0 Å². The number of nitrogens with zero attached hydrogens (tertiary/aromatic N) is 1. The van der Waals surface area contributed by atoms with E-state index >= 15 is 0 Å². The molecule has 0 amide bonds. The highest BCUT2D eigenvalue weighted by molar-refractivity contribution is 8.03. The lowest BCUT2D eigenvalue weighted by molar-refractivity contribution is 0.636. The van der Waals surface area contributed by atoms with E-state index < -0.39 is 0 Å². The Hall–Kier alpha value is -1.93. The second-order valence-corrected chi connectivity index (χ2v) is 7.82. The summed E-state index contributed by atoms with van der Waals surface area (Å²) in [7, 11) is 0. The van der Waals surface area contributed by atoms with Crippen molar-refractivity contribution >= 4 is 17.4 Å². The molecular weight excluding hydrogens is 310 g/mol. The molecule has 24 heavy (non-hydrogen) atoms. The van der Waals surface area contributed by atoms with E-state index in [0.29, 0.717) is 0 Å².